The Morgan fingerprint density at radius 2 is 0.600 bits per heavy atom. The molecule has 1 amide bonds. The van der Waals surface area contributed by atoms with E-state index in [9.17, 15) is 15.0 Å². The first-order valence-electron chi connectivity index (χ1n) is 30.1. The molecule has 4 heteroatoms. The highest BCUT2D eigenvalue weighted by molar-refractivity contribution is 5.76. The Bertz CT molecular complexity index is 947. The minimum Gasteiger partial charge on any atom is -0.394 e. The third-order valence-electron chi connectivity index (χ3n) is 14.2. The molecule has 0 aliphatic rings. The van der Waals surface area contributed by atoms with Crippen LogP contribution in [-0.2, 0) is 4.79 Å². The van der Waals surface area contributed by atoms with Crippen molar-refractivity contribution in [2.75, 3.05) is 6.61 Å². The third-order valence-corrected chi connectivity index (χ3v) is 14.2. The molecule has 0 heterocycles. The van der Waals surface area contributed by atoms with Gasteiger partial charge in [-0.25, -0.2) is 0 Å². The standard InChI is InChI=1S/C61H119NO3/c1-3-5-7-9-11-13-15-17-19-21-23-24-25-26-27-28-29-30-31-32-33-34-35-36-37-38-39-41-43-45-47-49-51-53-55-57-61(65)62-59(58-63)60(64)56-54-52-50-48-46-44-42-40-22-20-18-16-14-12-10-8-6-4-2/h46,48,54,56,59-60,63-64H,3-45,47,49-53,55,57-58H2,1-2H3,(H,62,65)/b48-46+,56-54+. The van der Waals surface area contributed by atoms with E-state index in [2.05, 4.69) is 31.3 Å². The first kappa shape index (κ1) is 63.9. The molecule has 0 fully saturated rings. The van der Waals surface area contributed by atoms with E-state index in [0.717, 1.165) is 32.1 Å². The summed E-state index contributed by atoms with van der Waals surface area (Å²) in [6.45, 7) is 4.33. The van der Waals surface area contributed by atoms with Gasteiger partial charge in [0.2, 0.25) is 5.91 Å². The van der Waals surface area contributed by atoms with Gasteiger partial charge in [0.1, 0.15) is 0 Å². The Morgan fingerprint density at radius 3 is 0.892 bits per heavy atom. The molecule has 0 spiro atoms. The normalized spacial score (nSPS) is 12.9. The lowest BCUT2D eigenvalue weighted by Gasteiger charge is -2.19. The van der Waals surface area contributed by atoms with Gasteiger partial charge in [0.15, 0.2) is 0 Å². The summed E-state index contributed by atoms with van der Waals surface area (Å²) in [5, 5.41) is 23.1. The highest BCUT2D eigenvalue weighted by Crippen LogP contribution is 2.18. The average Bonchev–Trinajstić information content (AvgIpc) is 3.31. The van der Waals surface area contributed by atoms with Crippen LogP contribution in [-0.4, -0.2) is 34.9 Å². The molecule has 0 aromatic rings. The van der Waals surface area contributed by atoms with Gasteiger partial charge in [-0.15, -0.1) is 0 Å². The summed E-state index contributed by atoms with van der Waals surface area (Å²) >= 11 is 0. The first-order chi connectivity index (χ1) is 32.2. The fourth-order valence-corrected chi connectivity index (χ4v) is 9.61. The Kier molecular flexibility index (Phi) is 56.2. The van der Waals surface area contributed by atoms with Crippen LogP contribution in [0, 0.1) is 0 Å². The van der Waals surface area contributed by atoms with Crippen LogP contribution in [0.4, 0.5) is 0 Å². The minimum absolute atomic E-state index is 0.0664. The predicted octanol–water partition coefficient (Wildman–Crippen LogP) is 19.9. The molecular formula is C61H119NO3. The predicted molar refractivity (Wildman–Crippen MR) is 290 cm³/mol. The fraction of sp³-hybridized carbons (Fsp3) is 0.918. The van der Waals surface area contributed by atoms with E-state index in [4.69, 9.17) is 0 Å². The maximum atomic E-state index is 12.5. The minimum atomic E-state index is -0.859. The Labute approximate surface area is 409 Å². The molecule has 2 atom stereocenters. The summed E-state index contributed by atoms with van der Waals surface area (Å²) in [6.07, 6.45) is 76.6. The molecular weight excluding hydrogens is 795 g/mol. The van der Waals surface area contributed by atoms with E-state index in [0.29, 0.717) is 6.42 Å². The van der Waals surface area contributed by atoms with Crippen molar-refractivity contribution in [1.29, 1.82) is 0 Å². The molecule has 65 heavy (non-hydrogen) atoms. The molecule has 0 bridgehead atoms. The molecule has 0 aromatic heterocycles. The van der Waals surface area contributed by atoms with Gasteiger partial charge in [-0.2, -0.15) is 0 Å². The lowest BCUT2D eigenvalue weighted by Crippen LogP contribution is -2.45. The van der Waals surface area contributed by atoms with E-state index < -0.39 is 12.1 Å². The quantitative estimate of drug-likeness (QED) is 0.0421. The first-order valence-corrected chi connectivity index (χ1v) is 30.1. The Morgan fingerprint density at radius 1 is 0.354 bits per heavy atom. The highest BCUT2D eigenvalue weighted by atomic mass is 16.3. The van der Waals surface area contributed by atoms with Gasteiger partial charge >= 0.3 is 0 Å². The second-order valence-electron chi connectivity index (χ2n) is 20.8. The molecule has 2 unspecified atom stereocenters. The summed E-state index contributed by atoms with van der Waals surface area (Å²) in [5.41, 5.74) is 0. The van der Waals surface area contributed by atoms with Crippen molar-refractivity contribution < 1.29 is 15.0 Å². The van der Waals surface area contributed by atoms with Crippen molar-refractivity contribution in [1.82, 2.24) is 5.32 Å². The summed E-state index contributed by atoms with van der Waals surface area (Å²) < 4.78 is 0. The van der Waals surface area contributed by atoms with E-state index >= 15 is 0 Å². The number of rotatable bonds is 56. The number of hydrogen-bond donors (Lipinski definition) is 3. The van der Waals surface area contributed by atoms with Crippen LogP contribution >= 0.6 is 0 Å². The highest BCUT2D eigenvalue weighted by Gasteiger charge is 2.18. The third kappa shape index (κ3) is 53.7. The molecule has 386 valence electrons. The molecule has 0 radical (unpaired) electrons. The largest absolute Gasteiger partial charge is 0.394 e. The molecule has 0 aliphatic heterocycles. The zero-order valence-electron chi connectivity index (χ0n) is 44.5. The van der Waals surface area contributed by atoms with Crippen molar-refractivity contribution in [3.63, 3.8) is 0 Å². The van der Waals surface area contributed by atoms with Gasteiger partial charge in [-0.3, -0.25) is 4.79 Å². The van der Waals surface area contributed by atoms with Crippen molar-refractivity contribution in [2.45, 2.75) is 353 Å². The van der Waals surface area contributed by atoms with Gasteiger partial charge < -0.3 is 15.5 Å². The van der Waals surface area contributed by atoms with Gasteiger partial charge in [0.05, 0.1) is 18.8 Å². The number of nitrogens with one attached hydrogen (secondary N) is 1. The second kappa shape index (κ2) is 57.2. The average molecular weight is 915 g/mol. The zero-order chi connectivity index (χ0) is 47.0. The SMILES string of the molecule is CCCCCCCCCCCCCC/C=C/CC/C=C/C(O)C(CO)NC(=O)CCCCCCCCCCCCCCCCCCCCCCCCCCCCCCCCCCCCC. The smallest absolute Gasteiger partial charge is 0.220 e. The number of carbonyl (C=O) groups excluding carboxylic acids is 1. The maximum Gasteiger partial charge on any atom is 0.220 e. The molecule has 0 aliphatic carbocycles. The van der Waals surface area contributed by atoms with Crippen molar-refractivity contribution in [2.24, 2.45) is 0 Å². The number of unbranched alkanes of at least 4 members (excludes halogenated alkanes) is 47. The summed E-state index contributed by atoms with van der Waals surface area (Å²) in [5.74, 6) is -0.0664. The number of hydrogen-bond acceptors (Lipinski definition) is 3. The van der Waals surface area contributed by atoms with Crippen LogP contribution in [0.3, 0.4) is 0 Å². The monoisotopic (exact) mass is 914 g/mol. The lowest BCUT2D eigenvalue weighted by molar-refractivity contribution is -0.123. The lowest BCUT2D eigenvalue weighted by atomic mass is 10.0. The van der Waals surface area contributed by atoms with Crippen molar-refractivity contribution in [3.8, 4) is 0 Å². The van der Waals surface area contributed by atoms with Crippen LogP contribution in [0.1, 0.15) is 341 Å². The van der Waals surface area contributed by atoms with Crippen LogP contribution in [0.5, 0.6) is 0 Å². The topological polar surface area (TPSA) is 69.6 Å². The van der Waals surface area contributed by atoms with E-state index in [1.807, 2.05) is 6.08 Å². The van der Waals surface area contributed by atoms with Crippen LogP contribution < -0.4 is 5.32 Å². The number of aliphatic hydroxyl groups is 2. The molecule has 0 rings (SSSR count). The number of carbonyl (C=O) groups is 1. The maximum absolute atomic E-state index is 12.5. The fourth-order valence-electron chi connectivity index (χ4n) is 9.61. The van der Waals surface area contributed by atoms with E-state index in [-0.39, 0.29) is 12.5 Å². The zero-order valence-corrected chi connectivity index (χ0v) is 44.5. The number of aliphatic hydroxyl groups excluding tert-OH is 2. The second-order valence-corrected chi connectivity index (χ2v) is 20.8. The number of amides is 1. The van der Waals surface area contributed by atoms with Gasteiger partial charge in [0.25, 0.3) is 0 Å². The molecule has 3 N–H and O–H groups in total. The molecule has 0 aromatic carbocycles. The van der Waals surface area contributed by atoms with E-state index in [1.54, 1.807) is 6.08 Å². The van der Waals surface area contributed by atoms with E-state index in [1.165, 1.54) is 289 Å². The van der Waals surface area contributed by atoms with Crippen LogP contribution in [0.15, 0.2) is 24.3 Å². The van der Waals surface area contributed by atoms with Gasteiger partial charge in [-0.1, -0.05) is 327 Å². The Balaban J connectivity index is 3.41. The van der Waals surface area contributed by atoms with Gasteiger partial charge in [-0.05, 0) is 32.1 Å². The molecule has 0 saturated heterocycles. The number of allylic oxidation sites excluding steroid dienone is 3. The summed E-state index contributed by atoms with van der Waals surface area (Å²) in [6, 6.07) is -0.636. The van der Waals surface area contributed by atoms with Crippen molar-refractivity contribution in [3.05, 3.63) is 24.3 Å². The van der Waals surface area contributed by atoms with Crippen LogP contribution in [0.25, 0.3) is 0 Å². The molecule has 4 nitrogen and oxygen atoms in total. The Hall–Kier alpha value is -1.13. The van der Waals surface area contributed by atoms with Gasteiger partial charge in [0, 0.05) is 6.42 Å². The summed E-state index contributed by atoms with van der Waals surface area (Å²) in [4.78, 5) is 12.5. The van der Waals surface area contributed by atoms with Crippen LogP contribution in [0.2, 0.25) is 0 Å². The molecule has 0 saturated carbocycles. The van der Waals surface area contributed by atoms with Crippen molar-refractivity contribution >= 4 is 5.91 Å². The summed E-state index contributed by atoms with van der Waals surface area (Å²) in [7, 11) is 0.